The van der Waals surface area contributed by atoms with Crippen molar-refractivity contribution in [2.45, 2.75) is 50.9 Å². The molecule has 4 aromatic rings. The third kappa shape index (κ3) is 4.42. The predicted molar refractivity (Wildman–Crippen MR) is 128 cm³/mol. The number of aromatic nitrogens is 4. The number of carbonyl (C=O) groups is 1. The maximum Gasteiger partial charge on any atom is 0.191 e. The van der Waals surface area contributed by atoms with Gasteiger partial charge >= 0.3 is 0 Å². The molecule has 8 heteroatoms. The van der Waals surface area contributed by atoms with Gasteiger partial charge in [0.2, 0.25) is 0 Å². The van der Waals surface area contributed by atoms with Crippen LogP contribution in [-0.4, -0.2) is 30.9 Å². The smallest absolute Gasteiger partial charge is 0.191 e. The van der Waals surface area contributed by atoms with Gasteiger partial charge in [0.15, 0.2) is 10.9 Å². The highest BCUT2D eigenvalue weighted by atomic mass is 32.2. The highest BCUT2D eigenvalue weighted by molar-refractivity contribution is 7.99. The van der Waals surface area contributed by atoms with Crippen LogP contribution in [0.3, 0.4) is 0 Å². The van der Waals surface area contributed by atoms with Crippen molar-refractivity contribution in [1.82, 2.24) is 19.3 Å². The van der Waals surface area contributed by atoms with Crippen LogP contribution in [0, 0.1) is 13.8 Å². The Labute approximate surface area is 194 Å². The molecule has 1 aliphatic rings. The monoisotopic (exact) mass is 468 g/mol. The molecule has 0 N–H and O–H groups in total. The number of hydrogen-bond donors (Lipinski definition) is 0. The van der Waals surface area contributed by atoms with Crippen molar-refractivity contribution in [3.05, 3.63) is 73.6 Å². The Hall–Kier alpha value is -2.16. The molecule has 0 amide bonds. The number of ketones is 1. The van der Waals surface area contributed by atoms with Gasteiger partial charge in [0, 0.05) is 39.2 Å². The molecular weight excluding hydrogens is 444 g/mol. The molecule has 31 heavy (non-hydrogen) atoms. The number of aryl methyl sites for hydroxylation is 1. The Kier molecular flexibility index (Phi) is 5.86. The largest absolute Gasteiger partial charge is 0.343 e. The Morgan fingerprint density at radius 2 is 1.87 bits per heavy atom. The van der Waals surface area contributed by atoms with Crippen molar-refractivity contribution in [3.8, 4) is 0 Å². The van der Waals surface area contributed by atoms with Crippen LogP contribution in [0.2, 0.25) is 0 Å². The quantitative estimate of drug-likeness (QED) is 0.231. The van der Waals surface area contributed by atoms with Crippen LogP contribution in [0.25, 0.3) is 0 Å². The van der Waals surface area contributed by atoms with E-state index in [-0.39, 0.29) is 5.78 Å². The van der Waals surface area contributed by atoms with Crippen LogP contribution in [0.15, 0.2) is 46.2 Å². The van der Waals surface area contributed by atoms with Crippen molar-refractivity contribution in [1.29, 1.82) is 0 Å². The van der Waals surface area contributed by atoms with Crippen molar-refractivity contribution in [2.75, 3.05) is 5.75 Å². The van der Waals surface area contributed by atoms with Crippen molar-refractivity contribution in [3.63, 3.8) is 0 Å². The van der Waals surface area contributed by atoms with E-state index in [9.17, 15) is 4.79 Å². The molecule has 0 unspecified atom stereocenters. The Balaban J connectivity index is 1.30. The summed E-state index contributed by atoms with van der Waals surface area (Å²) in [6.07, 6.45) is 3.14. The van der Waals surface area contributed by atoms with E-state index < -0.39 is 0 Å². The minimum atomic E-state index is 0.153. The zero-order chi connectivity index (χ0) is 21.4. The fraction of sp³-hybridized carbons (Fsp3) is 0.348. The topological polar surface area (TPSA) is 52.7 Å². The van der Waals surface area contributed by atoms with E-state index in [4.69, 9.17) is 0 Å². The molecule has 5 rings (SSSR count). The van der Waals surface area contributed by atoms with Gasteiger partial charge < -0.3 is 9.13 Å². The first-order valence-electron chi connectivity index (χ1n) is 10.4. The normalized spacial score (nSPS) is 13.7. The minimum absolute atomic E-state index is 0.153. The van der Waals surface area contributed by atoms with Crippen molar-refractivity contribution >= 4 is 40.2 Å². The fourth-order valence-corrected chi connectivity index (χ4v) is 6.19. The summed E-state index contributed by atoms with van der Waals surface area (Å²) >= 11 is 5.01. The zero-order valence-electron chi connectivity index (χ0n) is 17.6. The number of thioether (sulfide) groups is 1. The summed E-state index contributed by atoms with van der Waals surface area (Å²) in [7, 11) is 0. The summed E-state index contributed by atoms with van der Waals surface area (Å²) in [5.74, 6) is 1.54. The lowest BCUT2D eigenvalue weighted by Crippen LogP contribution is -2.08. The Bertz CT molecular complexity index is 1180. The van der Waals surface area contributed by atoms with Crippen LogP contribution >= 0.6 is 34.4 Å². The van der Waals surface area contributed by atoms with Gasteiger partial charge in [-0.05, 0) is 55.6 Å². The average molecular weight is 469 g/mol. The predicted octanol–water partition coefficient (Wildman–Crippen LogP) is 5.77. The molecule has 4 aromatic heterocycles. The Morgan fingerprint density at radius 1 is 1.13 bits per heavy atom. The highest BCUT2D eigenvalue weighted by Gasteiger charge is 2.30. The maximum absolute atomic E-state index is 13.1. The Morgan fingerprint density at radius 3 is 2.55 bits per heavy atom. The van der Waals surface area contributed by atoms with Gasteiger partial charge in [0.1, 0.15) is 5.82 Å². The molecule has 0 spiro atoms. The summed E-state index contributed by atoms with van der Waals surface area (Å²) in [5, 5.41) is 14.0. The first kappa shape index (κ1) is 20.7. The van der Waals surface area contributed by atoms with E-state index in [1.807, 2.05) is 13.0 Å². The number of Topliss-reactive ketones (excluding diaryl/α,β-unsaturated/α-hetero) is 1. The van der Waals surface area contributed by atoms with E-state index in [2.05, 4.69) is 61.3 Å². The van der Waals surface area contributed by atoms with Crippen LogP contribution in [0.4, 0.5) is 0 Å². The number of rotatable bonds is 9. The van der Waals surface area contributed by atoms with Crippen LogP contribution in [-0.2, 0) is 13.0 Å². The zero-order valence-corrected chi connectivity index (χ0v) is 20.0. The molecule has 0 aliphatic heterocycles. The molecule has 160 valence electrons. The average Bonchev–Trinajstić information content (AvgIpc) is 3.15. The van der Waals surface area contributed by atoms with Crippen molar-refractivity contribution < 1.29 is 4.79 Å². The summed E-state index contributed by atoms with van der Waals surface area (Å²) < 4.78 is 4.49. The molecule has 4 heterocycles. The van der Waals surface area contributed by atoms with E-state index in [1.54, 1.807) is 22.7 Å². The van der Waals surface area contributed by atoms with Crippen molar-refractivity contribution in [2.24, 2.45) is 0 Å². The first-order valence-corrected chi connectivity index (χ1v) is 13.2. The summed E-state index contributed by atoms with van der Waals surface area (Å²) in [5.41, 5.74) is 2.98. The third-order valence-corrected chi connectivity index (χ3v) is 8.34. The molecule has 0 atom stereocenters. The van der Waals surface area contributed by atoms with Crippen LogP contribution in [0.5, 0.6) is 0 Å². The van der Waals surface area contributed by atoms with Gasteiger partial charge in [-0.1, -0.05) is 23.9 Å². The van der Waals surface area contributed by atoms with Crippen LogP contribution < -0.4 is 0 Å². The lowest BCUT2D eigenvalue weighted by molar-refractivity contribution is 0.102. The third-order valence-electron chi connectivity index (χ3n) is 5.66. The summed E-state index contributed by atoms with van der Waals surface area (Å²) in [6.45, 7) is 4.94. The number of hydrogen-bond acceptors (Lipinski definition) is 6. The molecule has 5 nitrogen and oxygen atoms in total. The van der Waals surface area contributed by atoms with E-state index in [0.29, 0.717) is 11.8 Å². The SMILES string of the molecule is Cc1cc(C(=O)CSc2nnc(Cc3cccs3)n2C2CC2)c(C)n1Cc1cccs1. The van der Waals surface area contributed by atoms with Gasteiger partial charge in [-0.15, -0.1) is 32.9 Å². The lowest BCUT2D eigenvalue weighted by Gasteiger charge is -2.09. The van der Waals surface area contributed by atoms with Gasteiger partial charge in [-0.2, -0.15) is 0 Å². The maximum atomic E-state index is 13.1. The molecule has 0 saturated heterocycles. The van der Waals surface area contributed by atoms with E-state index in [1.165, 1.54) is 34.4 Å². The number of nitrogens with zero attached hydrogens (tertiary/aromatic N) is 4. The second-order valence-corrected chi connectivity index (χ2v) is 10.9. The van der Waals surface area contributed by atoms with Gasteiger partial charge in [-0.3, -0.25) is 4.79 Å². The second kappa shape index (κ2) is 8.76. The van der Waals surface area contributed by atoms with Gasteiger partial charge in [-0.25, -0.2) is 0 Å². The minimum Gasteiger partial charge on any atom is -0.343 e. The van der Waals surface area contributed by atoms with Gasteiger partial charge in [0.25, 0.3) is 0 Å². The molecule has 0 bridgehead atoms. The number of thiophene rings is 2. The molecule has 1 aliphatic carbocycles. The summed E-state index contributed by atoms with van der Waals surface area (Å²) in [6, 6.07) is 10.9. The van der Waals surface area contributed by atoms with Gasteiger partial charge in [0.05, 0.1) is 12.3 Å². The molecule has 0 aromatic carbocycles. The lowest BCUT2D eigenvalue weighted by atomic mass is 10.2. The number of carbonyl (C=O) groups excluding carboxylic acids is 1. The first-order chi connectivity index (χ1) is 15.1. The van der Waals surface area contributed by atoms with E-state index >= 15 is 0 Å². The molecule has 1 saturated carbocycles. The second-order valence-electron chi connectivity index (χ2n) is 7.92. The van der Waals surface area contributed by atoms with E-state index in [0.717, 1.165) is 40.9 Å². The van der Waals surface area contributed by atoms with Crippen LogP contribution in [0.1, 0.15) is 56.2 Å². The summed E-state index contributed by atoms with van der Waals surface area (Å²) in [4.78, 5) is 15.7. The molecule has 0 radical (unpaired) electrons. The standard InChI is InChI=1S/C23H24N4OS3/c1-15-11-20(16(2)26(15)13-19-6-4-10-30-19)21(28)14-31-23-25-24-22(27(23)17-7-8-17)12-18-5-3-9-29-18/h3-6,9-11,17H,7-8,12-14H2,1-2H3. The molecule has 1 fully saturated rings. The fourth-order valence-electron chi connectivity index (χ4n) is 3.89. The molecular formula is C23H24N4OS3. The highest BCUT2D eigenvalue weighted by Crippen LogP contribution is 2.39.